The molecule has 1 aliphatic carbocycles. The van der Waals surface area contributed by atoms with Crippen molar-refractivity contribution < 1.29 is 14.0 Å². The van der Waals surface area contributed by atoms with E-state index < -0.39 is 17.8 Å². The summed E-state index contributed by atoms with van der Waals surface area (Å²) in [6, 6.07) is 8.57. The fourth-order valence-corrected chi connectivity index (χ4v) is 7.02. The third-order valence-electron chi connectivity index (χ3n) is 9.86. The number of allylic oxidation sites excluding steroid dienone is 7. The van der Waals surface area contributed by atoms with E-state index in [0.29, 0.717) is 38.4 Å². The zero-order chi connectivity index (χ0) is 32.7. The third-order valence-corrected chi connectivity index (χ3v) is 9.86. The lowest BCUT2D eigenvalue weighted by Crippen LogP contribution is -2.49. The number of halogens is 1. The van der Waals surface area contributed by atoms with Crippen molar-refractivity contribution in [2.45, 2.75) is 91.8 Å². The van der Waals surface area contributed by atoms with Gasteiger partial charge in [0, 0.05) is 32.7 Å². The van der Waals surface area contributed by atoms with E-state index in [4.69, 9.17) is 0 Å². The van der Waals surface area contributed by atoms with Crippen LogP contribution in [0.4, 0.5) is 4.39 Å². The largest absolute Gasteiger partial charge is 0.342 e. The van der Waals surface area contributed by atoms with Gasteiger partial charge in [-0.2, -0.15) is 0 Å². The molecule has 0 N–H and O–H groups in total. The number of carbonyl (C=O) groups is 2. The second kappa shape index (κ2) is 15.4. The summed E-state index contributed by atoms with van der Waals surface area (Å²) in [5.41, 5.74) is 3.71. The Morgan fingerprint density at radius 1 is 1.09 bits per heavy atom. The van der Waals surface area contributed by atoms with Gasteiger partial charge in [0.2, 0.25) is 5.91 Å². The number of piperidine rings is 1. The number of nitrogens with zero attached hydrogens (tertiary/aromatic N) is 3. The first-order chi connectivity index (χ1) is 21.4. The van der Waals surface area contributed by atoms with Crippen LogP contribution in [0.25, 0.3) is 0 Å². The minimum absolute atomic E-state index is 0.00859. The van der Waals surface area contributed by atoms with Crippen molar-refractivity contribution in [1.82, 2.24) is 14.7 Å². The maximum Gasteiger partial charge on any atom is 0.253 e. The molecule has 0 spiro atoms. The Labute approximate surface area is 271 Å². The number of carbonyl (C=O) groups excluding carboxylic acids is 2. The monoisotopic (exact) mass is 615 g/mol. The molecule has 2 amide bonds. The number of hydrogen-bond donors (Lipinski definition) is 0. The molecule has 5 nitrogen and oxygen atoms in total. The molecule has 4 unspecified atom stereocenters. The Balaban J connectivity index is 1.60. The lowest BCUT2D eigenvalue weighted by Gasteiger charge is -2.43. The number of rotatable bonds is 10. The van der Waals surface area contributed by atoms with Gasteiger partial charge in [0.1, 0.15) is 5.83 Å². The number of likely N-dealkylation sites (tertiary alicyclic amines) is 2. The van der Waals surface area contributed by atoms with Gasteiger partial charge in [0.05, 0.1) is 17.5 Å². The lowest BCUT2D eigenvalue weighted by atomic mass is 9.82. The Bertz CT molecular complexity index is 1330. The smallest absolute Gasteiger partial charge is 0.253 e. The highest BCUT2D eigenvalue weighted by Crippen LogP contribution is 2.40. The first-order valence-electron chi connectivity index (χ1n) is 16.8. The van der Waals surface area contributed by atoms with Crippen LogP contribution in [0.15, 0.2) is 84.3 Å². The van der Waals surface area contributed by atoms with Crippen LogP contribution in [0.1, 0.15) is 90.3 Å². The van der Waals surface area contributed by atoms with Crippen LogP contribution in [0, 0.1) is 17.3 Å². The second-order valence-corrected chi connectivity index (χ2v) is 14.3. The maximum atomic E-state index is 15.1. The number of benzene rings is 1. The highest BCUT2D eigenvalue weighted by molar-refractivity contribution is 5.96. The van der Waals surface area contributed by atoms with Crippen LogP contribution < -0.4 is 0 Å². The summed E-state index contributed by atoms with van der Waals surface area (Å²) in [6.07, 6.45) is 16.6. The summed E-state index contributed by atoms with van der Waals surface area (Å²) < 4.78 is 15.1. The van der Waals surface area contributed by atoms with E-state index in [1.807, 2.05) is 32.2 Å². The highest BCUT2D eigenvalue weighted by Gasteiger charge is 2.42. The van der Waals surface area contributed by atoms with Crippen molar-refractivity contribution in [3.8, 4) is 0 Å². The summed E-state index contributed by atoms with van der Waals surface area (Å²) in [6.45, 7) is 17.6. The van der Waals surface area contributed by atoms with E-state index in [1.54, 1.807) is 15.9 Å². The Morgan fingerprint density at radius 3 is 2.42 bits per heavy atom. The molecule has 4 atom stereocenters. The van der Waals surface area contributed by atoms with E-state index in [9.17, 15) is 9.59 Å². The summed E-state index contributed by atoms with van der Waals surface area (Å²) in [5, 5.41) is 0. The lowest BCUT2D eigenvalue weighted by molar-refractivity contribution is -0.143. The normalized spacial score (nSPS) is 24.9. The van der Waals surface area contributed by atoms with Gasteiger partial charge in [0.15, 0.2) is 0 Å². The number of likely N-dealkylation sites (N-methyl/N-ethyl adjacent to an activating group) is 1. The average molecular weight is 616 g/mol. The highest BCUT2D eigenvalue weighted by atomic mass is 19.1. The molecule has 0 bridgehead atoms. The Hall–Kier alpha value is -3.25. The van der Waals surface area contributed by atoms with Gasteiger partial charge in [0.25, 0.3) is 5.91 Å². The topological polar surface area (TPSA) is 43.9 Å². The van der Waals surface area contributed by atoms with Crippen molar-refractivity contribution >= 4 is 11.8 Å². The minimum atomic E-state index is -0.456. The van der Waals surface area contributed by atoms with E-state index in [-0.39, 0.29) is 28.7 Å². The second-order valence-electron chi connectivity index (χ2n) is 14.3. The molecule has 3 aliphatic rings. The van der Waals surface area contributed by atoms with Crippen molar-refractivity contribution in [1.29, 1.82) is 0 Å². The molecule has 0 radical (unpaired) electrons. The van der Waals surface area contributed by atoms with Gasteiger partial charge < -0.3 is 9.80 Å². The number of amides is 2. The standard InChI is InChI=1S/C39H54FN3O2/c1-8-14-32(39(4,5)6)17-9-10-24-41(7)37(44)33-18-13-26-43(38(45)35-28(2)15-11-19-34(35)40)36(33)31-22-20-30(21-23-31)27-42-25-12-16-29(42)3/h8-11,17,19-23,28-29,33,36H,1,12-16,18,24-27H2,2-7H3/b10-9-,32-17+. The molecule has 0 aromatic heterocycles. The van der Waals surface area contributed by atoms with E-state index >= 15 is 4.39 Å². The van der Waals surface area contributed by atoms with Gasteiger partial charge in [-0.3, -0.25) is 14.5 Å². The first kappa shape index (κ1) is 34.6. The van der Waals surface area contributed by atoms with Gasteiger partial charge in [-0.15, -0.1) is 6.58 Å². The third kappa shape index (κ3) is 8.52. The summed E-state index contributed by atoms with van der Waals surface area (Å²) in [5.74, 6) is -1.35. The van der Waals surface area contributed by atoms with Crippen molar-refractivity contribution in [2.75, 3.05) is 26.7 Å². The molecule has 2 aliphatic heterocycles. The van der Waals surface area contributed by atoms with E-state index in [2.05, 4.69) is 69.5 Å². The van der Waals surface area contributed by atoms with Crippen molar-refractivity contribution in [2.24, 2.45) is 17.3 Å². The quantitative estimate of drug-likeness (QED) is 0.196. The predicted octanol–water partition coefficient (Wildman–Crippen LogP) is 8.33. The molecule has 2 heterocycles. The van der Waals surface area contributed by atoms with Crippen LogP contribution >= 0.6 is 0 Å². The molecule has 6 heteroatoms. The molecule has 2 saturated heterocycles. The molecular weight excluding hydrogens is 561 g/mol. The molecule has 244 valence electrons. The molecular formula is C39H54FN3O2. The van der Waals surface area contributed by atoms with Gasteiger partial charge in [-0.25, -0.2) is 4.39 Å². The fraction of sp³-hybridized carbons (Fsp3) is 0.538. The Morgan fingerprint density at radius 2 is 1.80 bits per heavy atom. The molecule has 1 aromatic rings. The molecule has 45 heavy (non-hydrogen) atoms. The SMILES string of the molecule is C=CC/C(=C\C=C/CN(C)C(=O)C1CCCN(C(=O)C2=C(F)C=CCC2C)C1c1ccc(CN2CCCC2C)cc1)C(C)(C)C. The van der Waals surface area contributed by atoms with Crippen molar-refractivity contribution in [3.63, 3.8) is 0 Å². The zero-order valence-electron chi connectivity index (χ0n) is 28.4. The molecule has 2 fully saturated rings. The van der Waals surface area contributed by atoms with Crippen LogP contribution in [-0.4, -0.2) is 59.2 Å². The van der Waals surface area contributed by atoms with E-state index in [1.165, 1.54) is 30.1 Å². The zero-order valence-corrected chi connectivity index (χ0v) is 28.4. The van der Waals surface area contributed by atoms with E-state index in [0.717, 1.165) is 25.1 Å². The number of hydrogen-bond acceptors (Lipinski definition) is 3. The van der Waals surface area contributed by atoms with Crippen LogP contribution in [0.3, 0.4) is 0 Å². The van der Waals surface area contributed by atoms with Gasteiger partial charge in [-0.05, 0) is 80.5 Å². The summed E-state index contributed by atoms with van der Waals surface area (Å²) in [7, 11) is 1.83. The van der Waals surface area contributed by atoms with Crippen LogP contribution in [0.2, 0.25) is 0 Å². The first-order valence-corrected chi connectivity index (χ1v) is 16.8. The van der Waals surface area contributed by atoms with Crippen LogP contribution in [0.5, 0.6) is 0 Å². The summed E-state index contributed by atoms with van der Waals surface area (Å²) >= 11 is 0. The van der Waals surface area contributed by atoms with Crippen molar-refractivity contribution in [3.05, 3.63) is 95.4 Å². The molecule has 4 rings (SSSR count). The molecule has 0 saturated carbocycles. The summed E-state index contributed by atoms with van der Waals surface area (Å²) in [4.78, 5) is 34.2. The fourth-order valence-electron chi connectivity index (χ4n) is 7.02. The van der Waals surface area contributed by atoms with Crippen LogP contribution in [-0.2, 0) is 16.1 Å². The van der Waals surface area contributed by atoms with Gasteiger partial charge in [-0.1, -0.05) is 87.9 Å². The maximum absolute atomic E-state index is 15.1. The average Bonchev–Trinajstić information content (AvgIpc) is 3.41. The minimum Gasteiger partial charge on any atom is -0.342 e. The predicted molar refractivity (Wildman–Crippen MR) is 183 cm³/mol. The molecule has 1 aromatic carbocycles. The van der Waals surface area contributed by atoms with Gasteiger partial charge >= 0.3 is 0 Å². The Kier molecular flexibility index (Phi) is 11.8.